The van der Waals surface area contributed by atoms with E-state index in [1.807, 2.05) is 0 Å². The quantitative estimate of drug-likeness (QED) is 0.564. The molecule has 1 heterocycles. The van der Waals surface area contributed by atoms with Gasteiger partial charge in [-0.1, -0.05) is 12.1 Å². The molecule has 4 N–H and O–H groups in total. The third-order valence-electron chi connectivity index (χ3n) is 4.01. The number of para-hydroxylation sites is 1. The fourth-order valence-corrected chi connectivity index (χ4v) is 3.50. The number of carbonyl (C=O) groups is 3. The molecule has 2 aliphatic rings. The minimum absolute atomic E-state index is 0.0350. The van der Waals surface area contributed by atoms with E-state index in [0.717, 1.165) is 12.8 Å². The summed E-state index contributed by atoms with van der Waals surface area (Å²) < 4.78 is 13.5. The molecule has 0 bridgehead atoms. The molecular weight excluding hydrogens is 359 g/mol. The first-order valence-corrected chi connectivity index (χ1v) is 9.55. The molecule has 2 atom stereocenters. The second-order valence-corrected chi connectivity index (χ2v) is 7.49. The minimum atomic E-state index is -0.503. The molecule has 0 radical (unpaired) electrons. The Morgan fingerprint density at radius 3 is 2.73 bits per heavy atom. The molecule has 2 unspecified atom stereocenters. The molecule has 1 aromatic carbocycles. The molecule has 3 amide bonds. The van der Waals surface area contributed by atoms with Crippen LogP contribution >= 0.6 is 11.8 Å². The zero-order valence-electron chi connectivity index (χ0n) is 14.1. The van der Waals surface area contributed by atoms with Crippen LogP contribution in [-0.2, 0) is 14.4 Å². The summed E-state index contributed by atoms with van der Waals surface area (Å²) in [5, 5.41) is 11.3. The number of anilines is 1. The zero-order chi connectivity index (χ0) is 18.5. The number of benzene rings is 1. The lowest BCUT2D eigenvalue weighted by Crippen LogP contribution is -2.56. The zero-order valence-corrected chi connectivity index (χ0v) is 14.9. The highest BCUT2D eigenvalue weighted by Crippen LogP contribution is 2.20. The second kappa shape index (κ2) is 8.50. The van der Waals surface area contributed by atoms with Crippen molar-refractivity contribution in [3.63, 3.8) is 0 Å². The van der Waals surface area contributed by atoms with Gasteiger partial charge in [0.15, 0.2) is 0 Å². The molecule has 1 aliphatic carbocycles. The van der Waals surface area contributed by atoms with Crippen molar-refractivity contribution in [2.75, 3.05) is 11.1 Å². The maximum absolute atomic E-state index is 13.5. The molecule has 2 fully saturated rings. The predicted molar refractivity (Wildman–Crippen MR) is 96.7 cm³/mol. The van der Waals surface area contributed by atoms with E-state index in [1.54, 1.807) is 12.1 Å². The summed E-state index contributed by atoms with van der Waals surface area (Å²) >= 11 is 1.18. The van der Waals surface area contributed by atoms with Crippen molar-refractivity contribution in [3.05, 3.63) is 30.1 Å². The van der Waals surface area contributed by atoms with E-state index in [1.165, 1.54) is 23.9 Å². The van der Waals surface area contributed by atoms with Crippen LogP contribution in [0.4, 0.5) is 10.1 Å². The Kier molecular flexibility index (Phi) is 6.10. The summed E-state index contributed by atoms with van der Waals surface area (Å²) in [6, 6.07) is 5.93. The number of rotatable bonds is 7. The van der Waals surface area contributed by atoms with Crippen molar-refractivity contribution < 1.29 is 18.8 Å². The summed E-state index contributed by atoms with van der Waals surface area (Å²) in [6.07, 6.45) is 2.47. The number of carbonyl (C=O) groups excluding carboxylic acids is 3. The average Bonchev–Trinajstić information content (AvgIpc) is 3.38. The monoisotopic (exact) mass is 380 g/mol. The first-order valence-electron chi connectivity index (χ1n) is 8.50. The van der Waals surface area contributed by atoms with E-state index in [-0.39, 0.29) is 54.1 Å². The molecule has 9 heteroatoms. The Morgan fingerprint density at radius 1 is 1.23 bits per heavy atom. The van der Waals surface area contributed by atoms with E-state index in [2.05, 4.69) is 21.3 Å². The van der Waals surface area contributed by atoms with Crippen molar-refractivity contribution in [3.8, 4) is 0 Å². The van der Waals surface area contributed by atoms with Gasteiger partial charge in [0.25, 0.3) is 0 Å². The fourth-order valence-electron chi connectivity index (χ4n) is 2.61. The van der Waals surface area contributed by atoms with Crippen LogP contribution < -0.4 is 21.3 Å². The van der Waals surface area contributed by atoms with Crippen LogP contribution in [0.5, 0.6) is 0 Å². The average molecular weight is 380 g/mol. The van der Waals surface area contributed by atoms with E-state index < -0.39 is 11.3 Å². The lowest BCUT2D eigenvalue weighted by molar-refractivity contribution is -0.125. The van der Waals surface area contributed by atoms with Crippen LogP contribution in [0.15, 0.2) is 24.3 Å². The van der Waals surface area contributed by atoms with E-state index in [9.17, 15) is 18.8 Å². The molecule has 0 aromatic heterocycles. The van der Waals surface area contributed by atoms with Crippen molar-refractivity contribution in [1.29, 1.82) is 0 Å². The Balaban J connectivity index is 1.44. The molecule has 1 saturated heterocycles. The number of nitrogens with one attached hydrogen (secondary N) is 4. The van der Waals surface area contributed by atoms with Crippen molar-refractivity contribution in [1.82, 2.24) is 16.0 Å². The summed E-state index contributed by atoms with van der Waals surface area (Å²) in [5.41, 5.74) is -0.352. The van der Waals surface area contributed by atoms with E-state index in [0.29, 0.717) is 0 Å². The SMILES string of the molecule is O=C(CSC1NC(=O)CC(CC(=O)NC2CC2)N1)Nc1ccccc1F. The van der Waals surface area contributed by atoms with Gasteiger partial charge in [-0.25, -0.2) is 4.39 Å². The summed E-state index contributed by atoms with van der Waals surface area (Å²) in [6.45, 7) is 0. The van der Waals surface area contributed by atoms with Crippen molar-refractivity contribution >= 4 is 35.2 Å². The van der Waals surface area contributed by atoms with E-state index in [4.69, 9.17) is 0 Å². The highest BCUT2D eigenvalue weighted by Gasteiger charge is 2.30. The second-order valence-electron chi connectivity index (χ2n) is 6.40. The number of amides is 3. The molecule has 1 saturated carbocycles. The smallest absolute Gasteiger partial charge is 0.234 e. The summed E-state index contributed by atoms with van der Waals surface area (Å²) in [7, 11) is 0. The van der Waals surface area contributed by atoms with Crippen LogP contribution in [0.2, 0.25) is 0 Å². The standard InChI is InChI=1S/C17H21FN4O3S/c18-12-3-1-2-4-13(12)21-16(25)9-26-17-20-11(8-15(24)22-17)7-14(23)19-10-5-6-10/h1-4,10-11,17,20H,5-9H2,(H,19,23)(H,21,25)(H,22,24). The number of halogens is 1. The lowest BCUT2D eigenvalue weighted by Gasteiger charge is -2.30. The summed E-state index contributed by atoms with van der Waals surface area (Å²) in [5.74, 6) is -1.07. The lowest BCUT2D eigenvalue weighted by atomic mass is 10.1. The molecule has 26 heavy (non-hydrogen) atoms. The first kappa shape index (κ1) is 18.7. The van der Waals surface area contributed by atoms with Crippen molar-refractivity contribution in [2.24, 2.45) is 0 Å². The van der Waals surface area contributed by atoms with Crippen molar-refractivity contribution in [2.45, 2.75) is 43.3 Å². The van der Waals surface area contributed by atoms with Crippen LogP contribution in [-0.4, -0.2) is 41.1 Å². The molecule has 7 nitrogen and oxygen atoms in total. The van der Waals surface area contributed by atoms with Gasteiger partial charge < -0.3 is 16.0 Å². The Morgan fingerprint density at radius 2 is 2.00 bits per heavy atom. The van der Waals surface area contributed by atoms with Gasteiger partial charge in [0.2, 0.25) is 17.7 Å². The Hall–Kier alpha value is -2.13. The maximum Gasteiger partial charge on any atom is 0.234 e. The Bertz CT molecular complexity index is 698. The third kappa shape index (κ3) is 5.70. The van der Waals surface area contributed by atoms with Crippen LogP contribution in [0.3, 0.4) is 0 Å². The molecular formula is C17H21FN4O3S. The van der Waals surface area contributed by atoms with E-state index >= 15 is 0 Å². The topological polar surface area (TPSA) is 99.3 Å². The summed E-state index contributed by atoms with van der Waals surface area (Å²) in [4.78, 5) is 35.7. The van der Waals surface area contributed by atoms with Gasteiger partial charge in [0.05, 0.1) is 11.4 Å². The number of thioether (sulfide) groups is 1. The highest BCUT2D eigenvalue weighted by molar-refractivity contribution is 8.00. The Labute approximate surface area is 154 Å². The van der Waals surface area contributed by atoms with Crippen LogP contribution in [0.25, 0.3) is 0 Å². The van der Waals surface area contributed by atoms with Crippen LogP contribution in [0.1, 0.15) is 25.7 Å². The number of hydrogen-bond acceptors (Lipinski definition) is 5. The van der Waals surface area contributed by atoms with Gasteiger partial charge in [-0.15, -0.1) is 11.8 Å². The maximum atomic E-state index is 13.5. The van der Waals surface area contributed by atoms with Gasteiger partial charge in [-0.2, -0.15) is 0 Å². The molecule has 1 aliphatic heterocycles. The van der Waals surface area contributed by atoms with Gasteiger partial charge in [-0.3, -0.25) is 19.7 Å². The van der Waals surface area contributed by atoms with Gasteiger partial charge in [-0.05, 0) is 25.0 Å². The van der Waals surface area contributed by atoms with Gasteiger partial charge in [0.1, 0.15) is 11.3 Å². The normalized spacial score (nSPS) is 22.4. The highest BCUT2D eigenvalue weighted by atomic mass is 32.2. The van der Waals surface area contributed by atoms with Gasteiger partial charge >= 0.3 is 0 Å². The van der Waals surface area contributed by atoms with Gasteiger partial charge in [0, 0.05) is 24.9 Å². The fraction of sp³-hybridized carbons (Fsp3) is 0.471. The minimum Gasteiger partial charge on any atom is -0.353 e. The molecule has 3 rings (SSSR count). The predicted octanol–water partition coefficient (Wildman–Crippen LogP) is 0.928. The third-order valence-corrected chi connectivity index (χ3v) is 5.03. The molecule has 1 aromatic rings. The first-order chi connectivity index (χ1) is 12.5. The molecule has 140 valence electrons. The van der Waals surface area contributed by atoms with Crippen LogP contribution in [0, 0.1) is 5.82 Å². The largest absolute Gasteiger partial charge is 0.353 e. The molecule has 0 spiro atoms. The number of hydrogen-bond donors (Lipinski definition) is 4.